The van der Waals surface area contributed by atoms with Crippen LogP contribution in [0.1, 0.15) is 25.7 Å². The lowest BCUT2D eigenvalue weighted by atomic mass is 10.2. The predicted molar refractivity (Wildman–Crippen MR) is 82.9 cm³/mol. The van der Waals surface area contributed by atoms with Crippen LogP contribution in [-0.4, -0.2) is 49.7 Å². The lowest BCUT2D eigenvalue weighted by Gasteiger charge is -2.15. The van der Waals surface area contributed by atoms with E-state index >= 15 is 0 Å². The van der Waals surface area contributed by atoms with E-state index in [-0.39, 0.29) is 13.2 Å². The fourth-order valence-electron chi connectivity index (χ4n) is 1.97. The van der Waals surface area contributed by atoms with Crippen LogP contribution >= 0.6 is 0 Å². The highest BCUT2D eigenvalue weighted by molar-refractivity contribution is 5.39. The van der Waals surface area contributed by atoms with Crippen molar-refractivity contribution in [1.82, 2.24) is 5.32 Å². The van der Waals surface area contributed by atoms with Crippen molar-refractivity contribution in [2.45, 2.75) is 31.8 Å². The van der Waals surface area contributed by atoms with E-state index in [0.717, 1.165) is 32.2 Å². The van der Waals surface area contributed by atoms with Crippen LogP contribution in [0, 0.1) is 0 Å². The normalized spacial score (nSPS) is 12.1. The number of aliphatic hydroxyl groups is 2. The summed E-state index contributed by atoms with van der Waals surface area (Å²) in [6, 6.07) is 7.39. The standard InChI is InChI=1S/C16H27NO4/c1-20-15-8-4-5-9-16(15)21-13-14(19)12-17-10-6-2-3-7-11-18/h4-5,8-9,14,17-19H,2-3,6-7,10-13H2,1H3. The van der Waals surface area contributed by atoms with Crippen molar-refractivity contribution in [2.75, 3.05) is 33.4 Å². The zero-order chi connectivity index (χ0) is 15.3. The fourth-order valence-corrected chi connectivity index (χ4v) is 1.97. The van der Waals surface area contributed by atoms with Gasteiger partial charge in [0.15, 0.2) is 11.5 Å². The summed E-state index contributed by atoms with van der Waals surface area (Å²) in [4.78, 5) is 0. The molecule has 0 bridgehead atoms. The second kappa shape index (κ2) is 11.4. The van der Waals surface area contributed by atoms with E-state index < -0.39 is 6.10 Å². The van der Waals surface area contributed by atoms with Gasteiger partial charge in [-0.1, -0.05) is 25.0 Å². The highest BCUT2D eigenvalue weighted by Gasteiger charge is 2.07. The summed E-state index contributed by atoms with van der Waals surface area (Å²) in [5, 5.41) is 21.7. The molecule has 0 saturated heterocycles. The Labute approximate surface area is 126 Å². The molecule has 0 aromatic heterocycles. The smallest absolute Gasteiger partial charge is 0.161 e. The molecule has 120 valence electrons. The quantitative estimate of drug-likeness (QED) is 0.511. The lowest BCUT2D eigenvalue weighted by molar-refractivity contribution is 0.105. The molecule has 1 rings (SSSR count). The average molecular weight is 297 g/mol. The minimum Gasteiger partial charge on any atom is -0.493 e. The molecule has 0 amide bonds. The number of hydrogen-bond donors (Lipinski definition) is 3. The Morgan fingerprint density at radius 2 is 1.81 bits per heavy atom. The maximum absolute atomic E-state index is 9.85. The van der Waals surface area contributed by atoms with E-state index in [1.165, 1.54) is 0 Å². The zero-order valence-electron chi connectivity index (χ0n) is 12.8. The first-order valence-corrected chi connectivity index (χ1v) is 7.53. The Balaban J connectivity index is 2.09. The van der Waals surface area contributed by atoms with Gasteiger partial charge in [0, 0.05) is 13.2 Å². The maximum atomic E-state index is 9.85. The zero-order valence-corrected chi connectivity index (χ0v) is 12.8. The van der Waals surface area contributed by atoms with Gasteiger partial charge < -0.3 is 25.0 Å². The van der Waals surface area contributed by atoms with Crippen molar-refractivity contribution < 1.29 is 19.7 Å². The van der Waals surface area contributed by atoms with Crippen LogP contribution in [0.2, 0.25) is 0 Å². The highest BCUT2D eigenvalue weighted by Crippen LogP contribution is 2.25. The van der Waals surface area contributed by atoms with Gasteiger partial charge in [-0.05, 0) is 31.5 Å². The van der Waals surface area contributed by atoms with Crippen LogP contribution in [0.15, 0.2) is 24.3 Å². The van der Waals surface area contributed by atoms with Gasteiger partial charge in [0.2, 0.25) is 0 Å². The molecule has 0 saturated carbocycles. The Hall–Kier alpha value is -1.30. The SMILES string of the molecule is COc1ccccc1OCC(O)CNCCCCCCO. The fraction of sp³-hybridized carbons (Fsp3) is 0.625. The van der Waals surface area contributed by atoms with Crippen molar-refractivity contribution in [2.24, 2.45) is 0 Å². The van der Waals surface area contributed by atoms with Gasteiger partial charge in [-0.3, -0.25) is 0 Å². The molecule has 0 radical (unpaired) electrons. The molecule has 0 aliphatic heterocycles. The maximum Gasteiger partial charge on any atom is 0.161 e. The monoisotopic (exact) mass is 297 g/mol. The molecule has 1 aromatic rings. The Kier molecular flexibility index (Phi) is 9.61. The summed E-state index contributed by atoms with van der Waals surface area (Å²) < 4.78 is 10.7. The largest absolute Gasteiger partial charge is 0.493 e. The van der Waals surface area contributed by atoms with E-state index in [2.05, 4.69) is 5.32 Å². The van der Waals surface area contributed by atoms with Gasteiger partial charge in [0.25, 0.3) is 0 Å². The van der Waals surface area contributed by atoms with Gasteiger partial charge in [-0.15, -0.1) is 0 Å². The topological polar surface area (TPSA) is 71.0 Å². The molecule has 5 heteroatoms. The number of nitrogens with one attached hydrogen (secondary N) is 1. The molecule has 21 heavy (non-hydrogen) atoms. The number of benzene rings is 1. The molecule has 3 N–H and O–H groups in total. The molecule has 1 unspecified atom stereocenters. The molecule has 0 aliphatic rings. The average Bonchev–Trinajstić information content (AvgIpc) is 2.52. The molecule has 5 nitrogen and oxygen atoms in total. The minimum absolute atomic E-state index is 0.234. The van der Waals surface area contributed by atoms with E-state index in [0.29, 0.717) is 18.0 Å². The number of para-hydroxylation sites is 2. The van der Waals surface area contributed by atoms with Crippen molar-refractivity contribution in [3.63, 3.8) is 0 Å². The highest BCUT2D eigenvalue weighted by atomic mass is 16.5. The van der Waals surface area contributed by atoms with Gasteiger partial charge >= 0.3 is 0 Å². The first kappa shape index (κ1) is 17.8. The van der Waals surface area contributed by atoms with Gasteiger partial charge in [-0.25, -0.2) is 0 Å². The second-order valence-electron chi connectivity index (χ2n) is 4.96. The second-order valence-corrected chi connectivity index (χ2v) is 4.96. The Morgan fingerprint density at radius 1 is 1.10 bits per heavy atom. The summed E-state index contributed by atoms with van der Waals surface area (Å²) in [5.41, 5.74) is 0. The summed E-state index contributed by atoms with van der Waals surface area (Å²) in [5.74, 6) is 1.31. The first-order valence-electron chi connectivity index (χ1n) is 7.53. The van der Waals surface area contributed by atoms with Crippen LogP contribution in [-0.2, 0) is 0 Å². The number of aliphatic hydroxyl groups excluding tert-OH is 2. The molecule has 0 spiro atoms. The molecule has 0 aliphatic carbocycles. The predicted octanol–water partition coefficient (Wildman–Crippen LogP) is 1.58. The number of rotatable bonds is 12. The van der Waals surface area contributed by atoms with Crippen molar-refractivity contribution in [1.29, 1.82) is 0 Å². The van der Waals surface area contributed by atoms with Crippen molar-refractivity contribution >= 4 is 0 Å². The lowest BCUT2D eigenvalue weighted by Crippen LogP contribution is -2.32. The number of hydrogen-bond acceptors (Lipinski definition) is 5. The van der Waals surface area contributed by atoms with E-state index in [4.69, 9.17) is 14.6 Å². The van der Waals surface area contributed by atoms with Crippen LogP contribution < -0.4 is 14.8 Å². The molecular formula is C16H27NO4. The van der Waals surface area contributed by atoms with Crippen LogP contribution in [0.25, 0.3) is 0 Å². The molecule has 0 heterocycles. The molecule has 0 fully saturated rings. The van der Waals surface area contributed by atoms with E-state index in [1.807, 2.05) is 24.3 Å². The van der Waals surface area contributed by atoms with Gasteiger partial charge in [-0.2, -0.15) is 0 Å². The van der Waals surface area contributed by atoms with Crippen molar-refractivity contribution in [3.05, 3.63) is 24.3 Å². The Bertz CT molecular complexity index is 373. The Morgan fingerprint density at radius 3 is 2.52 bits per heavy atom. The minimum atomic E-state index is -0.549. The molecule has 1 atom stereocenters. The number of ether oxygens (including phenoxy) is 2. The first-order chi connectivity index (χ1) is 10.3. The van der Waals surface area contributed by atoms with Crippen molar-refractivity contribution in [3.8, 4) is 11.5 Å². The third-order valence-corrected chi connectivity index (χ3v) is 3.14. The van der Waals surface area contributed by atoms with Gasteiger partial charge in [0.1, 0.15) is 12.7 Å². The van der Waals surface area contributed by atoms with E-state index in [1.54, 1.807) is 7.11 Å². The molecular weight excluding hydrogens is 270 g/mol. The van der Waals surface area contributed by atoms with Crippen LogP contribution in [0.4, 0.5) is 0 Å². The van der Waals surface area contributed by atoms with Crippen LogP contribution in [0.3, 0.4) is 0 Å². The molecule has 1 aromatic carbocycles. The summed E-state index contributed by atoms with van der Waals surface area (Å²) in [6.45, 7) is 1.89. The number of methoxy groups -OCH3 is 1. The number of unbranched alkanes of at least 4 members (excludes halogenated alkanes) is 3. The third-order valence-electron chi connectivity index (χ3n) is 3.14. The van der Waals surface area contributed by atoms with E-state index in [9.17, 15) is 5.11 Å². The summed E-state index contributed by atoms with van der Waals surface area (Å²) in [7, 11) is 1.59. The summed E-state index contributed by atoms with van der Waals surface area (Å²) in [6.07, 6.45) is 3.53. The van der Waals surface area contributed by atoms with Gasteiger partial charge in [0.05, 0.1) is 7.11 Å². The third kappa shape index (κ3) is 7.90. The van der Waals surface area contributed by atoms with Crippen LogP contribution in [0.5, 0.6) is 11.5 Å². The summed E-state index contributed by atoms with van der Waals surface area (Å²) >= 11 is 0.